The molecule has 1 heterocycles. The van der Waals surface area contributed by atoms with E-state index in [9.17, 15) is 0 Å². The number of rotatable bonds is 5. The van der Waals surface area contributed by atoms with Gasteiger partial charge in [-0.05, 0) is 25.0 Å². The number of nitrogens with zero attached hydrogens (tertiary/aromatic N) is 1. The maximum Gasteiger partial charge on any atom is 0.259 e. The molecule has 4 nitrogen and oxygen atoms in total. The van der Waals surface area contributed by atoms with Gasteiger partial charge in [0, 0.05) is 12.0 Å². The van der Waals surface area contributed by atoms with Crippen molar-refractivity contribution in [2.24, 2.45) is 0 Å². The van der Waals surface area contributed by atoms with E-state index in [0.717, 1.165) is 18.7 Å². The number of methoxy groups -OCH3 is 1. The number of hydrogen-bond donors (Lipinski definition) is 0. The number of benzene rings is 1. The van der Waals surface area contributed by atoms with Gasteiger partial charge in [-0.1, -0.05) is 30.5 Å². The highest BCUT2D eigenvalue weighted by atomic mass is 35.5. The van der Waals surface area contributed by atoms with E-state index < -0.39 is 0 Å². The van der Waals surface area contributed by atoms with E-state index in [2.05, 4.69) is 11.1 Å². The molecule has 0 spiro atoms. The first-order chi connectivity index (χ1) is 10.3. The smallest absolute Gasteiger partial charge is 0.259 e. The van der Waals surface area contributed by atoms with E-state index in [0.29, 0.717) is 28.3 Å². The third kappa shape index (κ3) is 3.32. The van der Waals surface area contributed by atoms with Crippen molar-refractivity contribution in [1.82, 2.24) is 4.98 Å². The molecule has 0 aliphatic heterocycles. The van der Waals surface area contributed by atoms with Crippen LogP contribution < -0.4 is 9.47 Å². The van der Waals surface area contributed by atoms with Gasteiger partial charge in [0.25, 0.3) is 5.88 Å². The van der Waals surface area contributed by atoms with Gasteiger partial charge >= 0.3 is 0 Å². The molecule has 1 aliphatic carbocycles. The molecule has 1 aromatic heterocycles. The summed E-state index contributed by atoms with van der Waals surface area (Å²) in [5, 5.41) is 0.517. The summed E-state index contributed by atoms with van der Waals surface area (Å²) in [5.74, 6) is 2.85. The fourth-order valence-corrected chi connectivity index (χ4v) is 2.77. The largest absolute Gasteiger partial charge is 0.485 e. The van der Waals surface area contributed by atoms with Gasteiger partial charge in [0.2, 0.25) is 11.7 Å². The molecule has 3 rings (SSSR count). The fraction of sp³-hybridized carbons (Fsp3) is 0.438. The van der Waals surface area contributed by atoms with Crippen LogP contribution in [0.15, 0.2) is 22.6 Å². The molecule has 5 heteroatoms. The van der Waals surface area contributed by atoms with Crippen molar-refractivity contribution < 1.29 is 13.9 Å². The molecular weight excluding hydrogens is 290 g/mol. The van der Waals surface area contributed by atoms with Gasteiger partial charge in [-0.25, -0.2) is 0 Å². The quantitative estimate of drug-likeness (QED) is 0.822. The number of halogens is 1. The van der Waals surface area contributed by atoms with Gasteiger partial charge in [0.05, 0.1) is 12.1 Å². The summed E-state index contributed by atoms with van der Waals surface area (Å²) < 4.78 is 16.7. The van der Waals surface area contributed by atoms with Gasteiger partial charge in [0.15, 0.2) is 6.61 Å². The van der Waals surface area contributed by atoms with Crippen molar-refractivity contribution in [1.29, 1.82) is 0 Å². The van der Waals surface area contributed by atoms with Gasteiger partial charge in [0.1, 0.15) is 5.75 Å². The average molecular weight is 307 g/mol. The van der Waals surface area contributed by atoms with Crippen LogP contribution in [0.2, 0.25) is 5.02 Å². The van der Waals surface area contributed by atoms with E-state index in [-0.39, 0.29) is 6.61 Å². The minimum Gasteiger partial charge on any atom is -0.485 e. The van der Waals surface area contributed by atoms with Crippen molar-refractivity contribution in [2.75, 3.05) is 7.11 Å². The van der Waals surface area contributed by atoms with Crippen molar-refractivity contribution in [3.05, 3.63) is 40.9 Å². The highest BCUT2D eigenvalue weighted by Gasteiger charge is 2.25. The van der Waals surface area contributed by atoms with E-state index in [1.165, 1.54) is 12.8 Å². The van der Waals surface area contributed by atoms with Crippen LogP contribution >= 0.6 is 11.6 Å². The maximum absolute atomic E-state index is 5.88. The SMILES string of the molecule is COc1nc(C2CCCC2)oc1COc1[c]c(Cl)ccc1. The lowest BCUT2D eigenvalue weighted by Gasteiger charge is -2.05. The van der Waals surface area contributed by atoms with E-state index in [4.69, 9.17) is 25.5 Å². The second-order valence-corrected chi connectivity index (χ2v) is 5.52. The van der Waals surface area contributed by atoms with Crippen molar-refractivity contribution in [2.45, 2.75) is 38.2 Å². The molecule has 0 atom stereocenters. The zero-order valence-corrected chi connectivity index (χ0v) is 12.7. The number of ether oxygens (including phenoxy) is 2. The van der Waals surface area contributed by atoms with Crippen LogP contribution in [0.3, 0.4) is 0 Å². The second-order valence-electron chi connectivity index (χ2n) is 5.12. The Balaban J connectivity index is 1.72. The predicted octanol–water partition coefficient (Wildman–Crippen LogP) is 4.37. The molecule has 0 N–H and O–H groups in total. The Hall–Kier alpha value is -1.68. The van der Waals surface area contributed by atoms with Crippen LogP contribution in [0.4, 0.5) is 0 Å². The summed E-state index contributed by atoms with van der Waals surface area (Å²) in [5.41, 5.74) is 0. The van der Waals surface area contributed by atoms with Crippen LogP contribution in [-0.2, 0) is 6.61 Å². The minimum atomic E-state index is 0.250. The normalized spacial score (nSPS) is 15.3. The minimum absolute atomic E-state index is 0.250. The Morgan fingerprint density at radius 1 is 1.38 bits per heavy atom. The Morgan fingerprint density at radius 2 is 2.19 bits per heavy atom. The van der Waals surface area contributed by atoms with Gasteiger partial charge < -0.3 is 13.9 Å². The number of aromatic nitrogens is 1. The molecule has 0 unspecified atom stereocenters. The zero-order valence-electron chi connectivity index (χ0n) is 11.9. The highest BCUT2D eigenvalue weighted by Crippen LogP contribution is 2.36. The first kappa shape index (κ1) is 14.3. The topological polar surface area (TPSA) is 44.5 Å². The molecule has 1 saturated carbocycles. The van der Waals surface area contributed by atoms with Crippen molar-refractivity contribution >= 4 is 11.6 Å². The van der Waals surface area contributed by atoms with Crippen LogP contribution in [0, 0.1) is 6.07 Å². The molecule has 111 valence electrons. The Kier molecular flexibility index (Phi) is 4.34. The van der Waals surface area contributed by atoms with E-state index in [1.807, 2.05) is 6.07 Å². The molecule has 1 radical (unpaired) electrons. The lowest BCUT2D eigenvalue weighted by atomic mass is 10.1. The fourth-order valence-electron chi connectivity index (χ4n) is 2.60. The molecular formula is C16H17ClNO3. The zero-order chi connectivity index (χ0) is 14.7. The third-order valence-electron chi connectivity index (χ3n) is 3.67. The summed E-state index contributed by atoms with van der Waals surface area (Å²) in [6.45, 7) is 0.250. The molecule has 0 bridgehead atoms. The summed E-state index contributed by atoms with van der Waals surface area (Å²) in [6, 6.07) is 8.28. The van der Waals surface area contributed by atoms with E-state index >= 15 is 0 Å². The molecule has 0 saturated heterocycles. The standard InChI is InChI=1S/C16H17ClNO3/c1-19-16-14(10-20-13-8-4-7-12(17)9-13)21-15(18-16)11-5-2-3-6-11/h4,7-8,11H,2-3,5-6,10H2,1H3. The molecule has 2 aromatic rings. The summed E-state index contributed by atoms with van der Waals surface area (Å²) in [7, 11) is 1.59. The summed E-state index contributed by atoms with van der Waals surface area (Å²) >= 11 is 5.88. The lowest BCUT2D eigenvalue weighted by Crippen LogP contribution is -1.96. The van der Waals surface area contributed by atoms with Crippen LogP contribution in [0.5, 0.6) is 11.6 Å². The molecule has 21 heavy (non-hydrogen) atoms. The van der Waals surface area contributed by atoms with Crippen LogP contribution in [0.25, 0.3) is 0 Å². The molecule has 1 aliphatic rings. The predicted molar refractivity (Wildman–Crippen MR) is 78.9 cm³/mol. The first-order valence-electron chi connectivity index (χ1n) is 7.10. The molecule has 1 aromatic carbocycles. The lowest BCUT2D eigenvalue weighted by molar-refractivity contribution is 0.253. The van der Waals surface area contributed by atoms with Gasteiger partial charge in [-0.15, -0.1) is 0 Å². The van der Waals surface area contributed by atoms with Gasteiger partial charge in [-0.2, -0.15) is 4.98 Å². The van der Waals surface area contributed by atoms with E-state index in [1.54, 1.807) is 19.2 Å². The molecule has 0 amide bonds. The van der Waals surface area contributed by atoms with Crippen LogP contribution in [-0.4, -0.2) is 12.1 Å². The third-order valence-corrected chi connectivity index (χ3v) is 3.89. The summed E-state index contributed by atoms with van der Waals surface area (Å²) in [6.07, 6.45) is 4.73. The Labute approximate surface area is 129 Å². The van der Waals surface area contributed by atoms with Gasteiger partial charge in [-0.3, -0.25) is 0 Å². The second kappa shape index (κ2) is 6.39. The number of hydrogen-bond acceptors (Lipinski definition) is 4. The van der Waals surface area contributed by atoms with Crippen LogP contribution in [0.1, 0.15) is 43.3 Å². The highest BCUT2D eigenvalue weighted by molar-refractivity contribution is 6.30. The van der Waals surface area contributed by atoms with Crippen molar-refractivity contribution in [3.63, 3.8) is 0 Å². The number of oxazole rings is 1. The Bertz CT molecular complexity index is 605. The average Bonchev–Trinajstić information content (AvgIpc) is 3.14. The maximum atomic E-state index is 5.88. The Morgan fingerprint density at radius 3 is 2.90 bits per heavy atom. The monoisotopic (exact) mass is 306 g/mol. The van der Waals surface area contributed by atoms with Crippen molar-refractivity contribution in [3.8, 4) is 11.6 Å². The summed E-state index contributed by atoms with van der Waals surface area (Å²) in [4.78, 5) is 4.44. The molecule has 1 fully saturated rings. The first-order valence-corrected chi connectivity index (χ1v) is 7.48.